The monoisotopic (exact) mass is 344 g/mol. The summed E-state index contributed by atoms with van der Waals surface area (Å²) < 4.78 is 0. The molecular weight excluding hydrogens is 332 g/mol. The SMILES string of the molecule is NCC(=O)Nc1ccc([N+](=O)[O-])cc1C(=O)c1ccccc1[N+](=O)[O-]. The number of para-hydroxylation sites is 1. The van der Waals surface area contributed by atoms with Crippen LogP contribution in [0.15, 0.2) is 42.5 Å². The molecule has 10 heteroatoms. The first-order valence-corrected chi connectivity index (χ1v) is 6.91. The van der Waals surface area contributed by atoms with Gasteiger partial charge in [-0.3, -0.25) is 29.8 Å². The quantitative estimate of drug-likeness (QED) is 0.457. The first-order chi connectivity index (χ1) is 11.8. The molecule has 0 unspecified atom stereocenters. The second-order valence-corrected chi connectivity index (χ2v) is 4.84. The lowest BCUT2D eigenvalue weighted by molar-refractivity contribution is -0.385. The second-order valence-electron chi connectivity index (χ2n) is 4.84. The summed E-state index contributed by atoms with van der Waals surface area (Å²) in [4.78, 5) is 44.8. The maximum absolute atomic E-state index is 12.7. The fraction of sp³-hybridized carbons (Fsp3) is 0.0667. The number of carbonyl (C=O) groups excluding carboxylic acids is 2. The van der Waals surface area contributed by atoms with Gasteiger partial charge in [0.15, 0.2) is 0 Å². The number of rotatable bonds is 6. The van der Waals surface area contributed by atoms with Crippen molar-refractivity contribution in [1.82, 2.24) is 0 Å². The molecule has 0 bridgehead atoms. The van der Waals surface area contributed by atoms with Gasteiger partial charge in [-0.2, -0.15) is 0 Å². The number of nitrogens with zero attached hydrogens (tertiary/aromatic N) is 2. The molecule has 25 heavy (non-hydrogen) atoms. The molecule has 3 N–H and O–H groups in total. The van der Waals surface area contributed by atoms with Gasteiger partial charge in [-0.05, 0) is 12.1 Å². The lowest BCUT2D eigenvalue weighted by Gasteiger charge is -2.10. The van der Waals surface area contributed by atoms with E-state index in [9.17, 15) is 29.8 Å². The van der Waals surface area contributed by atoms with Gasteiger partial charge in [0.25, 0.3) is 11.4 Å². The zero-order valence-electron chi connectivity index (χ0n) is 12.7. The highest BCUT2D eigenvalue weighted by molar-refractivity contribution is 6.16. The molecule has 2 aromatic carbocycles. The zero-order valence-corrected chi connectivity index (χ0v) is 12.7. The average molecular weight is 344 g/mol. The average Bonchev–Trinajstić information content (AvgIpc) is 2.61. The highest BCUT2D eigenvalue weighted by Gasteiger charge is 2.25. The van der Waals surface area contributed by atoms with Crippen molar-refractivity contribution in [2.45, 2.75) is 0 Å². The van der Waals surface area contributed by atoms with E-state index >= 15 is 0 Å². The van der Waals surface area contributed by atoms with E-state index in [1.54, 1.807) is 0 Å². The van der Waals surface area contributed by atoms with E-state index in [1.807, 2.05) is 0 Å². The minimum absolute atomic E-state index is 0.0239. The highest BCUT2D eigenvalue weighted by atomic mass is 16.6. The van der Waals surface area contributed by atoms with Gasteiger partial charge in [-0.25, -0.2) is 0 Å². The number of hydrogen-bond donors (Lipinski definition) is 2. The Labute approximate surface area is 140 Å². The smallest absolute Gasteiger partial charge is 0.280 e. The van der Waals surface area contributed by atoms with Gasteiger partial charge < -0.3 is 11.1 Å². The molecule has 0 aliphatic carbocycles. The molecule has 0 aliphatic rings. The third-order valence-electron chi connectivity index (χ3n) is 3.26. The van der Waals surface area contributed by atoms with Crippen LogP contribution in [-0.2, 0) is 4.79 Å². The van der Waals surface area contributed by atoms with Crippen LogP contribution in [0.25, 0.3) is 0 Å². The van der Waals surface area contributed by atoms with E-state index in [0.29, 0.717) is 0 Å². The van der Waals surface area contributed by atoms with Gasteiger partial charge in [-0.1, -0.05) is 12.1 Å². The molecule has 10 nitrogen and oxygen atoms in total. The summed E-state index contributed by atoms with van der Waals surface area (Å²) in [6, 6.07) is 8.41. The second kappa shape index (κ2) is 7.27. The van der Waals surface area contributed by atoms with Gasteiger partial charge in [0.1, 0.15) is 5.56 Å². The number of ketones is 1. The van der Waals surface area contributed by atoms with Gasteiger partial charge in [0.05, 0.1) is 27.6 Å². The normalized spacial score (nSPS) is 10.1. The lowest BCUT2D eigenvalue weighted by atomic mass is 9.99. The molecule has 0 heterocycles. The summed E-state index contributed by atoms with van der Waals surface area (Å²) in [5.74, 6) is -1.45. The summed E-state index contributed by atoms with van der Waals surface area (Å²) in [5.41, 5.74) is 3.84. The Kier molecular flexibility index (Phi) is 5.15. The Bertz CT molecular complexity index is 880. The summed E-state index contributed by atoms with van der Waals surface area (Å²) in [7, 11) is 0. The van der Waals surface area contributed by atoms with Crippen molar-refractivity contribution in [2.24, 2.45) is 5.73 Å². The van der Waals surface area contributed by atoms with Crippen molar-refractivity contribution in [1.29, 1.82) is 0 Å². The van der Waals surface area contributed by atoms with Gasteiger partial charge in [0.2, 0.25) is 11.7 Å². The van der Waals surface area contributed by atoms with E-state index in [4.69, 9.17) is 5.73 Å². The van der Waals surface area contributed by atoms with E-state index in [1.165, 1.54) is 24.3 Å². The van der Waals surface area contributed by atoms with Crippen molar-refractivity contribution in [3.63, 3.8) is 0 Å². The molecule has 0 saturated carbocycles. The number of nitro groups is 2. The zero-order chi connectivity index (χ0) is 18.6. The number of non-ortho nitro benzene ring substituents is 1. The number of nitrogens with two attached hydrogens (primary N) is 1. The van der Waals surface area contributed by atoms with Crippen LogP contribution >= 0.6 is 0 Å². The third kappa shape index (κ3) is 3.82. The number of hydrogen-bond acceptors (Lipinski definition) is 7. The van der Waals surface area contributed by atoms with Crippen LogP contribution in [0.3, 0.4) is 0 Å². The highest BCUT2D eigenvalue weighted by Crippen LogP contribution is 2.28. The molecule has 128 valence electrons. The lowest BCUT2D eigenvalue weighted by Crippen LogP contribution is -2.23. The Morgan fingerprint density at radius 3 is 2.28 bits per heavy atom. The first kappa shape index (κ1) is 17.7. The number of carbonyl (C=O) groups is 2. The molecule has 0 aromatic heterocycles. The summed E-state index contributed by atoms with van der Waals surface area (Å²) >= 11 is 0. The summed E-state index contributed by atoms with van der Waals surface area (Å²) in [6.45, 7) is -0.365. The van der Waals surface area contributed by atoms with Crippen LogP contribution in [-0.4, -0.2) is 28.1 Å². The number of nitrogens with one attached hydrogen (secondary N) is 1. The topological polar surface area (TPSA) is 158 Å². The first-order valence-electron chi connectivity index (χ1n) is 6.91. The van der Waals surface area contributed by atoms with Crippen LogP contribution in [0.5, 0.6) is 0 Å². The molecule has 0 aliphatic heterocycles. The molecule has 2 aromatic rings. The summed E-state index contributed by atoms with van der Waals surface area (Å²) in [5, 5.41) is 24.4. The van der Waals surface area contributed by atoms with Crippen molar-refractivity contribution in [3.05, 3.63) is 73.8 Å². The van der Waals surface area contributed by atoms with Crippen molar-refractivity contribution >= 4 is 28.8 Å². The minimum atomic E-state index is -0.830. The van der Waals surface area contributed by atoms with Crippen LogP contribution in [0.4, 0.5) is 17.1 Å². The molecule has 0 atom stereocenters. The van der Waals surface area contributed by atoms with Crippen LogP contribution in [0.1, 0.15) is 15.9 Å². The maximum Gasteiger partial charge on any atom is 0.280 e. The molecule has 1 amide bonds. The van der Waals surface area contributed by atoms with Crippen molar-refractivity contribution in [3.8, 4) is 0 Å². The van der Waals surface area contributed by atoms with Gasteiger partial charge in [-0.15, -0.1) is 0 Å². The van der Waals surface area contributed by atoms with Gasteiger partial charge >= 0.3 is 0 Å². The summed E-state index contributed by atoms with van der Waals surface area (Å²) in [6.07, 6.45) is 0. The van der Waals surface area contributed by atoms with E-state index < -0.39 is 32.9 Å². The Hall–Kier alpha value is -3.66. The van der Waals surface area contributed by atoms with E-state index in [-0.39, 0.29) is 23.4 Å². The molecular formula is C15H12N4O6. The predicted molar refractivity (Wildman–Crippen MR) is 87.3 cm³/mol. The number of amides is 1. The Balaban J connectivity index is 2.60. The molecule has 0 fully saturated rings. The Morgan fingerprint density at radius 2 is 1.68 bits per heavy atom. The third-order valence-corrected chi connectivity index (χ3v) is 3.26. The van der Waals surface area contributed by atoms with Crippen LogP contribution < -0.4 is 11.1 Å². The Morgan fingerprint density at radius 1 is 1.00 bits per heavy atom. The van der Waals surface area contributed by atoms with Crippen molar-refractivity contribution in [2.75, 3.05) is 11.9 Å². The molecule has 2 rings (SSSR count). The fourth-order valence-corrected chi connectivity index (χ4v) is 2.11. The maximum atomic E-state index is 12.7. The van der Waals surface area contributed by atoms with E-state index in [0.717, 1.165) is 18.2 Å². The standard InChI is InChI=1S/C15H12N4O6/c16-8-14(20)17-12-6-5-9(18(22)23)7-11(12)15(21)10-3-1-2-4-13(10)19(24)25/h1-7H,8,16H2,(H,17,20). The molecule has 0 saturated heterocycles. The van der Waals surface area contributed by atoms with Crippen LogP contribution in [0.2, 0.25) is 0 Å². The predicted octanol–water partition coefficient (Wildman–Crippen LogP) is 1.63. The van der Waals surface area contributed by atoms with Crippen LogP contribution in [0, 0.1) is 20.2 Å². The minimum Gasteiger partial charge on any atom is -0.324 e. The van der Waals surface area contributed by atoms with E-state index in [2.05, 4.69) is 5.32 Å². The molecule has 0 radical (unpaired) electrons. The molecule has 0 spiro atoms. The fourth-order valence-electron chi connectivity index (χ4n) is 2.11. The number of nitro benzene ring substituents is 2. The number of benzene rings is 2. The van der Waals surface area contributed by atoms with Gasteiger partial charge in [0, 0.05) is 18.2 Å². The van der Waals surface area contributed by atoms with Crippen molar-refractivity contribution < 1.29 is 19.4 Å². The number of anilines is 1. The largest absolute Gasteiger partial charge is 0.324 e.